The summed E-state index contributed by atoms with van der Waals surface area (Å²) in [5, 5.41) is 9.99. The molecule has 0 heterocycles. The summed E-state index contributed by atoms with van der Waals surface area (Å²) in [6.45, 7) is 0. The van der Waals surface area contributed by atoms with Crippen LogP contribution in [0.3, 0.4) is 0 Å². The summed E-state index contributed by atoms with van der Waals surface area (Å²) in [6, 6.07) is 93.3. The molecule has 0 radical (unpaired) electrons. The van der Waals surface area contributed by atoms with Crippen LogP contribution in [0.25, 0.3) is 87.6 Å². The number of hydrogen-bond acceptors (Lipinski definition) is 1. The first-order valence-electron chi connectivity index (χ1n) is 23.0. The molecular formula is C65H41N. The topological polar surface area (TPSA) is 3.24 Å². The second kappa shape index (κ2) is 14.2. The van der Waals surface area contributed by atoms with Crippen molar-refractivity contribution < 1.29 is 0 Å². The molecule has 0 aliphatic heterocycles. The average molecular weight is 836 g/mol. The third kappa shape index (κ3) is 5.29. The van der Waals surface area contributed by atoms with E-state index >= 15 is 0 Å². The lowest BCUT2D eigenvalue weighted by molar-refractivity contribution is 0.755. The Hall–Kier alpha value is -8.52. The predicted octanol–water partition coefficient (Wildman–Crippen LogP) is 17.4. The van der Waals surface area contributed by atoms with E-state index in [1.54, 1.807) is 0 Å². The van der Waals surface area contributed by atoms with Crippen molar-refractivity contribution in [1.82, 2.24) is 0 Å². The predicted molar refractivity (Wildman–Crippen MR) is 278 cm³/mol. The zero-order valence-corrected chi connectivity index (χ0v) is 36.1. The first kappa shape index (κ1) is 36.9. The van der Waals surface area contributed by atoms with Crippen LogP contribution in [-0.4, -0.2) is 0 Å². The number of rotatable bonds is 5. The molecule has 0 saturated carbocycles. The Bertz CT molecular complexity index is 3920. The molecule has 1 spiro atoms. The van der Waals surface area contributed by atoms with E-state index in [-0.39, 0.29) is 0 Å². The Balaban J connectivity index is 1.14. The van der Waals surface area contributed by atoms with Crippen molar-refractivity contribution in [2.45, 2.75) is 5.41 Å². The molecule has 0 N–H and O–H groups in total. The van der Waals surface area contributed by atoms with Crippen molar-refractivity contribution in [1.29, 1.82) is 0 Å². The first-order chi connectivity index (χ1) is 32.7. The maximum absolute atomic E-state index is 2.55. The minimum absolute atomic E-state index is 0.673. The van der Waals surface area contributed by atoms with Gasteiger partial charge in [0, 0.05) is 16.9 Å². The van der Waals surface area contributed by atoms with Crippen LogP contribution in [0.4, 0.5) is 17.1 Å². The highest BCUT2D eigenvalue weighted by molar-refractivity contribution is 6.12. The molecule has 0 aromatic heterocycles. The van der Waals surface area contributed by atoms with E-state index in [1.807, 2.05) is 0 Å². The van der Waals surface area contributed by atoms with E-state index in [9.17, 15) is 0 Å². The van der Waals surface area contributed by atoms with Crippen LogP contribution in [0.1, 0.15) is 22.3 Å². The van der Waals surface area contributed by atoms with Crippen LogP contribution >= 0.6 is 0 Å². The molecular weight excluding hydrogens is 795 g/mol. The van der Waals surface area contributed by atoms with Gasteiger partial charge in [-0.3, -0.25) is 0 Å². The summed E-state index contributed by atoms with van der Waals surface area (Å²) in [6.07, 6.45) is 0. The van der Waals surface area contributed by atoms with Gasteiger partial charge >= 0.3 is 0 Å². The van der Waals surface area contributed by atoms with Crippen molar-refractivity contribution in [3.63, 3.8) is 0 Å². The van der Waals surface area contributed by atoms with Gasteiger partial charge < -0.3 is 4.90 Å². The number of anilines is 3. The van der Waals surface area contributed by atoms with E-state index in [2.05, 4.69) is 254 Å². The summed E-state index contributed by atoms with van der Waals surface area (Å²) in [4.78, 5) is 2.52. The normalized spacial score (nSPS) is 14.4. The van der Waals surface area contributed by atoms with E-state index in [0.717, 1.165) is 17.1 Å². The summed E-state index contributed by atoms with van der Waals surface area (Å²) >= 11 is 0. The Kier molecular flexibility index (Phi) is 7.97. The SMILES string of the molecule is c1ccc(-c2ccc3c(c2)C2(c4cc(N(c5ccc6ccccc6c5)c5cc6ccccc6cc5-c5ccccc5)ccc4-c4cccc5cccc2c45)c2cccc4cccc-3c24)cc1. The van der Waals surface area contributed by atoms with Crippen LogP contribution in [-0.2, 0) is 5.41 Å². The molecule has 306 valence electrons. The van der Waals surface area contributed by atoms with E-state index in [1.165, 1.54) is 110 Å². The van der Waals surface area contributed by atoms with Crippen LogP contribution in [0.5, 0.6) is 0 Å². The Morgan fingerprint density at radius 3 is 1.38 bits per heavy atom. The number of hydrogen-bond donors (Lipinski definition) is 0. The lowest BCUT2D eigenvalue weighted by Gasteiger charge is -2.46. The maximum atomic E-state index is 2.55. The third-order valence-corrected chi connectivity index (χ3v) is 14.6. The zero-order valence-electron chi connectivity index (χ0n) is 36.1. The Labute approximate surface area is 384 Å². The average Bonchev–Trinajstić information content (AvgIpc) is 3.39. The lowest BCUT2D eigenvalue weighted by atomic mass is 9.55. The second-order valence-corrected chi connectivity index (χ2v) is 18.0. The summed E-state index contributed by atoms with van der Waals surface area (Å²) < 4.78 is 0. The Morgan fingerprint density at radius 1 is 0.242 bits per heavy atom. The van der Waals surface area contributed by atoms with Gasteiger partial charge in [0.15, 0.2) is 0 Å². The van der Waals surface area contributed by atoms with Gasteiger partial charge in [-0.15, -0.1) is 0 Å². The van der Waals surface area contributed by atoms with Crippen LogP contribution in [0.15, 0.2) is 249 Å². The highest BCUT2D eigenvalue weighted by atomic mass is 15.1. The molecule has 1 unspecified atom stereocenters. The van der Waals surface area contributed by atoms with Gasteiger partial charge in [0.2, 0.25) is 0 Å². The molecule has 66 heavy (non-hydrogen) atoms. The van der Waals surface area contributed by atoms with Gasteiger partial charge in [-0.2, -0.15) is 0 Å². The fourth-order valence-electron chi connectivity index (χ4n) is 11.7. The second-order valence-electron chi connectivity index (χ2n) is 18.0. The van der Waals surface area contributed by atoms with Gasteiger partial charge in [-0.25, -0.2) is 0 Å². The van der Waals surface area contributed by atoms with E-state index in [0.29, 0.717) is 0 Å². The molecule has 1 nitrogen and oxygen atoms in total. The number of nitrogens with zero attached hydrogens (tertiary/aromatic N) is 1. The summed E-state index contributed by atoms with van der Waals surface area (Å²) in [7, 11) is 0. The monoisotopic (exact) mass is 835 g/mol. The smallest absolute Gasteiger partial charge is 0.0726 e. The van der Waals surface area contributed by atoms with Crippen molar-refractivity contribution in [2.75, 3.05) is 4.90 Å². The highest BCUT2D eigenvalue weighted by Crippen LogP contribution is 2.62. The minimum atomic E-state index is -0.673. The quantitative estimate of drug-likeness (QED) is 0.167. The largest absolute Gasteiger partial charge is 0.310 e. The van der Waals surface area contributed by atoms with E-state index < -0.39 is 5.41 Å². The molecule has 12 aromatic carbocycles. The molecule has 1 heteroatoms. The van der Waals surface area contributed by atoms with Gasteiger partial charge in [-0.1, -0.05) is 206 Å². The van der Waals surface area contributed by atoms with Crippen LogP contribution in [0.2, 0.25) is 0 Å². The van der Waals surface area contributed by atoms with Crippen molar-refractivity contribution >= 4 is 60.2 Å². The van der Waals surface area contributed by atoms with Gasteiger partial charge in [0.05, 0.1) is 11.1 Å². The number of fused-ring (bicyclic) bond motifs is 10. The molecule has 2 aliphatic rings. The van der Waals surface area contributed by atoms with Crippen LogP contribution < -0.4 is 4.90 Å². The summed E-state index contributed by atoms with van der Waals surface area (Å²) in [5.74, 6) is 0. The van der Waals surface area contributed by atoms with Gasteiger partial charge in [0.25, 0.3) is 0 Å². The first-order valence-corrected chi connectivity index (χ1v) is 23.0. The third-order valence-electron chi connectivity index (χ3n) is 14.6. The molecule has 0 amide bonds. The lowest BCUT2D eigenvalue weighted by Crippen LogP contribution is -2.36. The molecule has 0 fully saturated rings. The fraction of sp³-hybridized carbons (Fsp3) is 0.0154. The maximum Gasteiger partial charge on any atom is 0.0726 e. The summed E-state index contributed by atoms with van der Waals surface area (Å²) in [5.41, 5.74) is 17.8. The van der Waals surface area contributed by atoms with Gasteiger partial charge in [0.1, 0.15) is 0 Å². The molecule has 12 aromatic rings. The molecule has 1 atom stereocenters. The van der Waals surface area contributed by atoms with Crippen LogP contribution in [0, 0.1) is 0 Å². The molecule has 2 aliphatic carbocycles. The Morgan fingerprint density at radius 2 is 0.727 bits per heavy atom. The van der Waals surface area contributed by atoms with Crippen molar-refractivity contribution in [3.05, 3.63) is 271 Å². The molecule has 0 bridgehead atoms. The van der Waals surface area contributed by atoms with Gasteiger partial charge in [-0.05, 0) is 147 Å². The minimum Gasteiger partial charge on any atom is -0.310 e. The standard InChI is InChI=1S/C65H41N/c1-3-15-42(16-4-1)50-32-35-53-55-27-11-23-45-25-13-29-58(63(45)55)65(60(53)39-50)59-30-14-26-46-24-12-28-56(64(46)59)54-36-34-52(41-61(54)65)66(51-33-31-43-17-7-8-20-47(43)37-51)62-40-49-22-10-9-21-48(49)38-57(62)44-18-5-2-6-19-44/h1-41H. The number of benzene rings is 12. The molecule has 14 rings (SSSR count). The van der Waals surface area contributed by atoms with E-state index in [4.69, 9.17) is 0 Å². The molecule has 0 saturated heterocycles. The zero-order chi connectivity index (χ0) is 43.3. The van der Waals surface area contributed by atoms with Crippen molar-refractivity contribution in [3.8, 4) is 44.5 Å². The highest BCUT2D eigenvalue weighted by Gasteiger charge is 2.49. The van der Waals surface area contributed by atoms with Crippen molar-refractivity contribution in [2.24, 2.45) is 0 Å². The fourth-order valence-corrected chi connectivity index (χ4v) is 11.7.